The van der Waals surface area contributed by atoms with Crippen LogP contribution in [0.1, 0.15) is 44.9 Å². The van der Waals surface area contributed by atoms with E-state index in [1.807, 2.05) is 5.38 Å². The third-order valence-electron chi connectivity index (χ3n) is 2.82. The highest BCUT2D eigenvalue weighted by Gasteiger charge is 2.27. The maximum Gasteiger partial charge on any atom is 0.102 e. The minimum Gasteiger partial charge on any atom is -0.196 e. The lowest BCUT2D eigenvalue weighted by molar-refractivity contribution is 0.429. The molecule has 0 bridgehead atoms. The number of nitriles is 1. The van der Waals surface area contributed by atoms with Crippen molar-refractivity contribution in [1.82, 2.24) is 4.37 Å². The molecule has 70 valence electrons. The molecule has 0 saturated heterocycles. The van der Waals surface area contributed by atoms with Gasteiger partial charge in [-0.15, -0.1) is 0 Å². The molecular formula is C10H14N2S. The summed E-state index contributed by atoms with van der Waals surface area (Å²) in [4.78, 5) is 0. The molecule has 1 aromatic heterocycles. The summed E-state index contributed by atoms with van der Waals surface area (Å²) >= 11 is 1.38. The second kappa shape index (κ2) is 3.89. The van der Waals surface area contributed by atoms with Gasteiger partial charge in [0, 0.05) is 10.8 Å². The fraction of sp³-hybridized carbons (Fsp3) is 0.600. The SMILES string of the molecule is CCC(C)(CC)c1nscc1C#N. The summed E-state index contributed by atoms with van der Waals surface area (Å²) in [5, 5.41) is 10.7. The van der Waals surface area contributed by atoms with Crippen LogP contribution in [0.2, 0.25) is 0 Å². The van der Waals surface area contributed by atoms with Gasteiger partial charge in [0.05, 0.1) is 11.3 Å². The second-order valence-electron chi connectivity index (χ2n) is 3.46. The summed E-state index contributed by atoms with van der Waals surface area (Å²) in [6.45, 7) is 6.46. The Morgan fingerprint density at radius 1 is 1.54 bits per heavy atom. The van der Waals surface area contributed by atoms with Crippen molar-refractivity contribution < 1.29 is 0 Å². The molecule has 0 aliphatic heterocycles. The Kier molecular flexibility index (Phi) is 3.05. The van der Waals surface area contributed by atoms with Crippen molar-refractivity contribution in [1.29, 1.82) is 5.26 Å². The third-order valence-corrected chi connectivity index (χ3v) is 3.45. The zero-order valence-corrected chi connectivity index (χ0v) is 9.11. The zero-order chi connectivity index (χ0) is 9.90. The van der Waals surface area contributed by atoms with E-state index in [4.69, 9.17) is 5.26 Å². The predicted molar refractivity (Wildman–Crippen MR) is 54.8 cm³/mol. The molecule has 1 heterocycles. The van der Waals surface area contributed by atoms with Crippen molar-refractivity contribution in [2.75, 3.05) is 0 Å². The number of aromatic nitrogens is 1. The van der Waals surface area contributed by atoms with Gasteiger partial charge in [0.1, 0.15) is 6.07 Å². The van der Waals surface area contributed by atoms with E-state index in [-0.39, 0.29) is 5.41 Å². The van der Waals surface area contributed by atoms with Gasteiger partial charge in [-0.2, -0.15) is 9.64 Å². The molecule has 0 atom stereocenters. The maximum atomic E-state index is 8.88. The van der Waals surface area contributed by atoms with Crippen LogP contribution in [0.15, 0.2) is 5.38 Å². The molecule has 0 N–H and O–H groups in total. The Bertz CT molecular complexity index is 318. The molecule has 13 heavy (non-hydrogen) atoms. The molecule has 3 heteroatoms. The lowest BCUT2D eigenvalue weighted by Crippen LogP contribution is -2.21. The van der Waals surface area contributed by atoms with Crippen LogP contribution in [0.5, 0.6) is 0 Å². The Hall–Kier alpha value is -0.880. The summed E-state index contributed by atoms with van der Waals surface area (Å²) in [7, 11) is 0. The van der Waals surface area contributed by atoms with Crippen LogP contribution in [0.3, 0.4) is 0 Å². The Morgan fingerprint density at radius 2 is 2.15 bits per heavy atom. The van der Waals surface area contributed by atoms with Gasteiger partial charge < -0.3 is 0 Å². The lowest BCUT2D eigenvalue weighted by atomic mass is 9.80. The van der Waals surface area contributed by atoms with Crippen LogP contribution >= 0.6 is 11.5 Å². The smallest absolute Gasteiger partial charge is 0.102 e. The number of nitrogens with zero attached hydrogens (tertiary/aromatic N) is 2. The van der Waals surface area contributed by atoms with Crippen molar-refractivity contribution in [2.45, 2.75) is 39.0 Å². The van der Waals surface area contributed by atoms with Crippen LogP contribution in [-0.4, -0.2) is 4.37 Å². The van der Waals surface area contributed by atoms with Gasteiger partial charge in [-0.25, -0.2) is 0 Å². The van der Waals surface area contributed by atoms with E-state index < -0.39 is 0 Å². The number of hydrogen-bond acceptors (Lipinski definition) is 3. The average molecular weight is 194 g/mol. The van der Waals surface area contributed by atoms with E-state index in [2.05, 4.69) is 31.2 Å². The highest BCUT2D eigenvalue weighted by atomic mass is 32.1. The molecule has 0 amide bonds. The van der Waals surface area contributed by atoms with E-state index in [9.17, 15) is 0 Å². The normalized spacial score (nSPS) is 11.2. The van der Waals surface area contributed by atoms with Crippen molar-refractivity contribution in [3.05, 3.63) is 16.6 Å². The molecule has 0 saturated carbocycles. The summed E-state index contributed by atoms with van der Waals surface area (Å²) in [5.41, 5.74) is 1.80. The standard InChI is InChI=1S/C10H14N2S/c1-4-10(3,5-2)9-8(6-11)7-13-12-9/h7H,4-5H2,1-3H3. The van der Waals surface area contributed by atoms with Crippen LogP contribution in [0.4, 0.5) is 0 Å². The Labute approximate surface area is 83.4 Å². The number of hydrogen-bond donors (Lipinski definition) is 0. The van der Waals surface area contributed by atoms with Crippen molar-refractivity contribution in [3.8, 4) is 6.07 Å². The van der Waals surface area contributed by atoms with Gasteiger partial charge in [-0.05, 0) is 24.4 Å². The van der Waals surface area contributed by atoms with E-state index in [1.54, 1.807) is 0 Å². The average Bonchev–Trinajstić information content (AvgIpc) is 2.65. The van der Waals surface area contributed by atoms with E-state index >= 15 is 0 Å². The Balaban J connectivity index is 3.13. The first-order chi connectivity index (χ1) is 6.18. The molecule has 0 spiro atoms. The molecule has 0 unspecified atom stereocenters. The second-order valence-corrected chi connectivity index (χ2v) is 4.09. The third kappa shape index (κ3) is 1.73. The molecular weight excluding hydrogens is 180 g/mol. The van der Waals surface area contributed by atoms with Crippen molar-refractivity contribution >= 4 is 11.5 Å². The monoisotopic (exact) mass is 194 g/mol. The summed E-state index contributed by atoms with van der Waals surface area (Å²) < 4.78 is 4.32. The molecule has 0 radical (unpaired) electrons. The first kappa shape index (κ1) is 10.2. The molecule has 0 fully saturated rings. The predicted octanol–water partition coefficient (Wildman–Crippen LogP) is 3.09. The van der Waals surface area contributed by atoms with Gasteiger partial charge >= 0.3 is 0 Å². The largest absolute Gasteiger partial charge is 0.196 e. The zero-order valence-electron chi connectivity index (χ0n) is 8.29. The molecule has 0 aliphatic rings. The topological polar surface area (TPSA) is 36.7 Å². The number of rotatable bonds is 3. The molecule has 1 aromatic rings. The first-order valence-electron chi connectivity index (χ1n) is 4.53. The van der Waals surface area contributed by atoms with Crippen LogP contribution in [-0.2, 0) is 5.41 Å². The molecule has 1 rings (SSSR count). The molecule has 0 aliphatic carbocycles. The van der Waals surface area contributed by atoms with Gasteiger partial charge in [0.15, 0.2) is 0 Å². The van der Waals surface area contributed by atoms with Crippen molar-refractivity contribution in [2.24, 2.45) is 0 Å². The van der Waals surface area contributed by atoms with Gasteiger partial charge in [0.25, 0.3) is 0 Å². The summed E-state index contributed by atoms with van der Waals surface area (Å²) in [5.74, 6) is 0. The molecule has 2 nitrogen and oxygen atoms in total. The van der Waals surface area contributed by atoms with Crippen LogP contribution < -0.4 is 0 Å². The summed E-state index contributed by atoms with van der Waals surface area (Å²) in [6, 6.07) is 2.20. The Morgan fingerprint density at radius 3 is 2.62 bits per heavy atom. The highest BCUT2D eigenvalue weighted by molar-refractivity contribution is 7.03. The fourth-order valence-corrected chi connectivity index (χ4v) is 2.08. The first-order valence-corrected chi connectivity index (χ1v) is 5.36. The van der Waals surface area contributed by atoms with Crippen molar-refractivity contribution in [3.63, 3.8) is 0 Å². The lowest BCUT2D eigenvalue weighted by Gasteiger charge is -2.24. The minimum absolute atomic E-state index is 0.0745. The van der Waals surface area contributed by atoms with E-state index in [1.165, 1.54) is 11.5 Å². The maximum absolute atomic E-state index is 8.88. The van der Waals surface area contributed by atoms with Gasteiger partial charge in [-0.1, -0.05) is 20.8 Å². The van der Waals surface area contributed by atoms with E-state index in [0.29, 0.717) is 0 Å². The quantitative estimate of drug-likeness (QED) is 0.741. The van der Waals surface area contributed by atoms with Gasteiger partial charge in [0.2, 0.25) is 0 Å². The molecule has 0 aromatic carbocycles. The minimum atomic E-state index is 0.0745. The van der Waals surface area contributed by atoms with Gasteiger partial charge in [-0.3, -0.25) is 0 Å². The van der Waals surface area contributed by atoms with E-state index in [0.717, 1.165) is 24.1 Å². The summed E-state index contributed by atoms with van der Waals surface area (Å²) in [6.07, 6.45) is 2.06. The highest BCUT2D eigenvalue weighted by Crippen LogP contribution is 2.32. The van der Waals surface area contributed by atoms with Crippen LogP contribution in [0, 0.1) is 11.3 Å². The van der Waals surface area contributed by atoms with Crippen LogP contribution in [0.25, 0.3) is 0 Å². The fourth-order valence-electron chi connectivity index (χ4n) is 1.34.